The number of aryl methyl sites for hydroxylation is 2. The Morgan fingerprint density at radius 2 is 2.12 bits per heavy atom. The third kappa shape index (κ3) is 3.03. The molecule has 1 fully saturated rings. The molecular formula is C20H21N3O3. The Morgan fingerprint density at radius 1 is 1.27 bits per heavy atom. The van der Waals surface area contributed by atoms with Gasteiger partial charge in [0.25, 0.3) is 0 Å². The van der Waals surface area contributed by atoms with Gasteiger partial charge in [-0.15, -0.1) is 0 Å². The number of aromatic nitrogens is 1. The maximum absolute atomic E-state index is 12.6. The van der Waals surface area contributed by atoms with Crippen LogP contribution in [0, 0.1) is 5.92 Å². The summed E-state index contributed by atoms with van der Waals surface area (Å²) in [7, 11) is 1.51. The average molecular weight is 351 g/mol. The maximum Gasteiger partial charge on any atom is 0.237 e. The SMILES string of the molecule is COc1ncccc1NC(=O)C1CC(=O)N(c2ccc3c(c2)CCC3)C1. The van der Waals surface area contributed by atoms with Crippen molar-refractivity contribution in [3.8, 4) is 5.88 Å². The molecule has 6 nitrogen and oxygen atoms in total. The van der Waals surface area contributed by atoms with Gasteiger partial charge in [0.1, 0.15) is 5.69 Å². The van der Waals surface area contributed by atoms with Crippen LogP contribution in [0.5, 0.6) is 5.88 Å². The molecule has 1 aliphatic heterocycles. The van der Waals surface area contributed by atoms with E-state index in [0.717, 1.165) is 18.5 Å². The first-order chi connectivity index (χ1) is 12.7. The van der Waals surface area contributed by atoms with E-state index in [-0.39, 0.29) is 24.2 Å². The molecule has 0 saturated carbocycles. The molecule has 2 amide bonds. The molecule has 26 heavy (non-hydrogen) atoms. The number of rotatable bonds is 4. The van der Waals surface area contributed by atoms with Crippen LogP contribution in [0.15, 0.2) is 36.5 Å². The van der Waals surface area contributed by atoms with Crippen molar-refractivity contribution in [1.82, 2.24) is 4.98 Å². The molecule has 0 spiro atoms. The number of anilines is 2. The van der Waals surface area contributed by atoms with Gasteiger partial charge in [0.2, 0.25) is 17.7 Å². The summed E-state index contributed by atoms with van der Waals surface area (Å²) in [6.45, 7) is 0.395. The van der Waals surface area contributed by atoms with Crippen molar-refractivity contribution in [3.63, 3.8) is 0 Å². The van der Waals surface area contributed by atoms with Crippen LogP contribution in [0.4, 0.5) is 11.4 Å². The van der Waals surface area contributed by atoms with Crippen LogP contribution in [-0.4, -0.2) is 30.5 Å². The predicted octanol–water partition coefficient (Wildman–Crippen LogP) is 2.57. The fourth-order valence-electron chi connectivity index (χ4n) is 3.74. The minimum absolute atomic E-state index is 0.0127. The number of carbonyl (C=O) groups excluding carboxylic acids is 2. The highest BCUT2D eigenvalue weighted by atomic mass is 16.5. The largest absolute Gasteiger partial charge is 0.480 e. The lowest BCUT2D eigenvalue weighted by Gasteiger charge is -2.18. The third-order valence-corrected chi connectivity index (χ3v) is 5.11. The molecule has 1 saturated heterocycles. The normalized spacial score (nSPS) is 18.7. The number of carbonyl (C=O) groups is 2. The number of methoxy groups -OCH3 is 1. The number of nitrogens with zero attached hydrogens (tertiary/aromatic N) is 2. The van der Waals surface area contributed by atoms with Crippen LogP contribution in [0.2, 0.25) is 0 Å². The van der Waals surface area contributed by atoms with E-state index in [4.69, 9.17) is 4.74 Å². The third-order valence-electron chi connectivity index (χ3n) is 5.11. The smallest absolute Gasteiger partial charge is 0.237 e. The minimum atomic E-state index is -0.388. The highest BCUT2D eigenvalue weighted by molar-refractivity contribution is 6.03. The van der Waals surface area contributed by atoms with Crippen molar-refractivity contribution in [2.45, 2.75) is 25.7 Å². The summed E-state index contributed by atoms with van der Waals surface area (Å²) in [6.07, 6.45) is 5.16. The van der Waals surface area contributed by atoms with E-state index in [1.807, 2.05) is 6.07 Å². The number of hydrogen-bond donors (Lipinski definition) is 1. The molecule has 4 rings (SSSR count). The molecule has 0 bridgehead atoms. The zero-order valence-electron chi connectivity index (χ0n) is 14.7. The highest BCUT2D eigenvalue weighted by Gasteiger charge is 2.35. The summed E-state index contributed by atoms with van der Waals surface area (Å²) >= 11 is 0. The van der Waals surface area contributed by atoms with Crippen molar-refractivity contribution in [2.24, 2.45) is 5.92 Å². The Labute approximate surface area is 152 Å². The molecule has 1 unspecified atom stereocenters. The van der Waals surface area contributed by atoms with Crippen LogP contribution in [-0.2, 0) is 22.4 Å². The van der Waals surface area contributed by atoms with Crippen LogP contribution in [0.3, 0.4) is 0 Å². The highest BCUT2D eigenvalue weighted by Crippen LogP contribution is 2.31. The fourth-order valence-corrected chi connectivity index (χ4v) is 3.74. The van der Waals surface area contributed by atoms with Crippen molar-refractivity contribution in [3.05, 3.63) is 47.7 Å². The van der Waals surface area contributed by atoms with E-state index in [0.29, 0.717) is 18.1 Å². The number of nitrogens with one attached hydrogen (secondary N) is 1. The number of amides is 2. The standard InChI is InChI=1S/C20H21N3O3/c1-26-20-17(6-3-9-21-20)22-19(25)15-11-18(24)23(12-15)16-8-7-13-4-2-5-14(13)10-16/h3,6-10,15H,2,4-5,11-12H2,1H3,(H,22,25). The molecule has 1 N–H and O–H groups in total. The first-order valence-electron chi connectivity index (χ1n) is 8.88. The Kier molecular flexibility index (Phi) is 4.32. The van der Waals surface area contributed by atoms with E-state index < -0.39 is 0 Å². The van der Waals surface area contributed by atoms with E-state index >= 15 is 0 Å². The fraction of sp³-hybridized carbons (Fsp3) is 0.350. The van der Waals surface area contributed by atoms with Crippen molar-refractivity contribution in [2.75, 3.05) is 23.9 Å². The summed E-state index contributed by atoms with van der Waals surface area (Å²) in [5, 5.41) is 2.83. The van der Waals surface area contributed by atoms with Gasteiger partial charge in [0.05, 0.1) is 13.0 Å². The lowest BCUT2D eigenvalue weighted by molar-refractivity contribution is -0.122. The van der Waals surface area contributed by atoms with Gasteiger partial charge in [0, 0.05) is 24.8 Å². The second-order valence-corrected chi connectivity index (χ2v) is 6.76. The quantitative estimate of drug-likeness (QED) is 0.919. The van der Waals surface area contributed by atoms with E-state index in [1.165, 1.54) is 24.7 Å². The summed E-state index contributed by atoms with van der Waals surface area (Å²) in [6, 6.07) is 9.67. The minimum Gasteiger partial charge on any atom is -0.480 e. The van der Waals surface area contributed by atoms with E-state index in [9.17, 15) is 9.59 Å². The van der Waals surface area contributed by atoms with Crippen molar-refractivity contribution >= 4 is 23.2 Å². The molecule has 2 aliphatic rings. The van der Waals surface area contributed by atoms with Crippen LogP contribution in [0.1, 0.15) is 24.0 Å². The second kappa shape index (κ2) is 6.78. The van der Waals surface area contributed by atoms with E-state index in [1.54, 1.807) is 23.2 Å². The number of hydrogen-bond acceptors (Lipinski definition) is 4. The Hall–Kier alpha value is -2.89. The zero-order valence-corrected chi connectivity index (χ0v) is 14.7. The summed E-state index contributed by atoms with van der Waals surface area (Å²) in [5.74, 6) is -0.226. The number of pyridine rings is 1. The zero-order chi connectivity index (χ0) is 18.1. The first kappa shape index (κ1) is 16.6. The summed E-state index contributed by atoms with van der Waals surface area (Å²) in [4.78, 5) is 30.9. The monoisotopic (exact) mass is 351 g/mol. The van der Waals surface area contributed by atoms with Crippen LogP contribution >= 0.6 is 0 Å². The van der Waals surface area contributed by atoms with Gasteiger partial charge in [-0.3, -0.25) is 9.59 Å². The van der Waals surface area contributed by atoms with Crippen molar-refractivity contribution in [1.29, 1.82) is 0 Å². The maximum atomic E-state index is 12.6. The van der Waals surface area contributed by atoms with Crippen LogP contribution < -0.4 is 15.0 Å². The molecule has 2 heterocycles. The second-order valence-electron chi connectivity index (χ2n) is 6.76. The number of benzene rings is 1. The topological polar surface area (TPSA) is 71.5 Å². The Balaban J connectivity index is 1.48. The Bertz CT molecular complexity index is 865. The van der Waals surface area contributed by atoms with Gasteiger partial charge >= 0.3 is 0 Å². The van der Waals surface area contributed by atoms with Gasteiger partial charge < -0.3 is 15.0 Å². The molecule has 1 atom stereocenters. The molecule has 1 aromatic heterocycles. The van der Waals surface area contributed by atoms with Crippen LogP contribution in [0.25, 0.3) is 0 Å². The summed E-state index contributed by atoms with van der Waals surface area (Å²) < 4.78 is 5.16. The summed E-state index contributed by atoms with van der Waals surface area (Å²) in [5.41, 5.74) is 4.11. The first-order valence-corrected chi connectivity index (χ1v) is 8.88. The Morgan fingerprint density at radius 3 is 2.96 bits per heavy atom. The van der Waals surface area contributed by atoms with Gasteiger partial charge in [-0.1, -0.05) is 6.07 Å². The molecule has 0 radical (unpaired) electrons. The van der Waals surface area contributed by atoms with Gasteiger partial charge in [-0.25, -0.2) is 4.98 Å². The number of fused-ring (bicyclic) bond motifs is 1. The molecule has 134 valence electrons. The number of ether oxygens (including phenoxy) is 1. The molecule has 1 aromatic carbocycles. The lowest BCUT2D eigenvalue weighted by Crippen LogP contribution is -2.28. The molecule has 2 aromatic rings. The average Bonchev–Trinajstić information content (AvgIpc) is 3.27. The van der Waals surface area contributed by atoms with Crippen molar-refractivity contribution < 1.29 is 14.3 Å². The molecule has 6 heteroatoms. The van der Waals surface area contributed by atoms with Gasteiger partial charge in [-0.2, -0.15) is 0 Å². The van der Waals surface area contributed by atoms with E-state index in [2.05, 4.69) is 22.4 Å². The molecule has 1 aliphatic carbocycles. The lowest BCUT2D eigenvalue weighted by atomic mass is 10.1. The predicted molar refractivity (Wildman–Crippen MR) is 98.3 cm³/mol. The van der Waals surface area contributed by atoms with Gasteiger partial charge in [0.15, 0.2) is 0 Å². The van der Waals surface area contributed by atoms with Gasteiger partial charge in [-0.05, 0) is 54.7 Å². The molecular weight excluding hydrogens is 330 g/mol.